The number of methoxy groups -OCH3 is 1. The smallest absolute Gasteiger partial charge is 0.350 e. The van der Waals surface area contributed by atoms with Gasteiger partial charge in [0.1, 0.15) is 4.88 Å². The summed E-state index contributed by atoms with van der Waals surface area (Å²) in [6.07, 6.45) is 1.16. The standard InChI is InChI=1S/C15H18N2O3S/c1-16-9-5-8-12(18)17-13-10-6-3-4-7-11(10)21-14(13)15(19)20-2/h3-4,6-7,16H,5,8-9H2,1-2H3,(H,17,18). The summed E-state index contributed by atoms with van der Waals surface area (Å²) in [6.45, 7) is 0.779. The highest BCUT2D eigenvalue weighted by atomic mass is 32.1. The van der Waals surface area contributed by atoms with E-state index in [4.69, 9.17) is 4.74 Å². The molecule has 112 valence electrons. The molecular formula is C15H18N2O3S. The van der Waals surface area contributed by atoms with E-state index in [-0.39, 0.29) is 5.91 Å². The van der Waals surface area contributed by atoms with Gasteiger partial charge >= 0.3 is 5.97 Å². The third-order valence-electron chi connectivity index (χ3n) is 3.06. The molecule has 0 unspecified atom stereocenters. The van der Waals surface area contributed by atoms with Crippen molar-refractivity contribution >= 4 is 39.0 Å². The maximum atomic E-state index is 12.0. The molecule has 1 aromatic carbocycles. The minimum absolute atomic E-state index is 0.0982. The van der Waals surface area contributed by atoms with Gasteiger partial charge in [0.25, 0.3) is 0 Å². The molecule has 0 atom stereocenters. The lowest BCUT2D eigenvalue weighted by atomic mass is 10.2. The second-order valence-corrected chi connectivity index (χ2v) is 5.60. The van der Waals surface area contributed by atoms with Crippen LogP contribution in [0.15, 0.2) is 24.3 Å². The summed E-state index contributed by atoms with van der Waals surface area (Å²) in [6, 6.07) is 7.59. The summed E-state index contributed by atoms with van der Waals surface area (Å²) >= 11 is 1.33. The van der Waals surface area contributed by atoms with Crippen LogP contribution < -0.4 is 10.6 Å². The molecule has 2 aromatic rings. The maximum Gasteiger partial charge on any atom is 0.350 e. The molecule has 1 amide bonds. The van der Waals surface area contributed by atoms with Gasteiger partial charge in [-0.1, -0.05) is 18.2 Å². The molecule has 0 fully saturated rings. The first-order chi connectivity index (χ1) is 10.2. The van der Waals surface area contributed by atoms with Crippen molar-refractivity contribution < 1.29 is 14.3 Å². The zero-order valence-corrected chi connectivity index (χ0v) is 12.9. The van der Waals surface area contributed by atoms with Crippen molar-refractivity contribution in [3.05, 3.63) is 29.1 Å². The molecule has 5 nitrogen and oxygen atoms in total. The van der Waals surface area contributed by atoms with Gasteiger partial charge in [-0.25, -0.2) is 4.79 Å². The van der Waals surface area contributed by atoms with Crippen molar-refractivity contribution in [2.24, 2.45) is 0 Å². The number of esters is 1. The van der Waals surface area contributed by atoms with Crippen LogP contribution in [0, 0.1) is 0 Å². The number of carbonyl (C=O) groups is 2. The fourth-order valence-electron chi connectivity index (χ4n) is 2.03. The van der Waals surface area contributed by atoms with E-state index in [9.17, 15) is 9.59 Å². The number of nitrogens with one attached hydrogen (secondary N) is 2. The van der Waals surface area contributed by atoms with Gasteiger partial charge in [-0.05, 0) is 26.1 Å². The number of benzene rings is 1. The minimum Gasteiger partial charge on any atom is -0.465 e. The van der Waals surface area contributed by atoms with Crippen LogP contribution in [0.3, 0.4) is 0 Å². The molecule has 1 aromatic heterocycles. The topological polar surface area (TPSA) is 67.4 Å². The zero-order valence-electron chi connectivity index (χ0n) is 12.1. The van der Waals surface area contributed by atoms with Crippen molar-refractivity contribution in [2.75, 3.05) is 26.0 Å². The van der Waals surface area contributed by atoms with Crippen LogP contribution in [0.2, 0.25) is 0 Å². The average Bonchev–Trinajstić information content (AvgIpc) is 2.85. The van der Waals surface area contributed by atoms with Gasteiger partial charge in [-0.3, -0.25) is 4.79 Å². The Balaban J connectivity index is 2.27. The summed E-state index contributed by atoms with van der Waals surface area (Å²) in [5.74, 6) is -0.527. The Bertz CT molecular complexity index is 651. The lowest BCUT2D eigenvalue weighted by Crippen LogP contribution is -2.16. The van der Waals surface area contributed by atoms with Gasteiger partial charge in [-0.2, -0.15) is 0 Å². The molecule has 0 saturated carbocycles. The molecule has 2 rings (SSSR count). The Hall–Kier alpha value is -1.92. The van der Waals surface area contributed by atoms with E-state index >= 15 is 0 Å². The highest BCUT2D eigenvalue weighted by molar-refractivity contribution is 7.21. The van der Waals surface area contributed by atoms with Gasteiger partial charge in [0.05, 0.1) is 12.8 Å². The Morgan fingerprint density at radius 3 is 2.76 bits per heavy atom. The SMILES string of the molecule is CNCCCC(=O)Nc1c(C(=O)OC)sc2ccccc12. The summed E-state index contributed by atoms with van der Waals surface area (Å²) in [4.78, 5) is 24.3. The monoisotopic (exact) mass is 306 g/mol. The third kappa shape index (κ3) is 3.59. The second kappa shape index (κ2) is 7.19. The van der Waals surface area contributed by atoms with Gasteiger partial charge < -0.3 is 15.4 Å². The summed E-state index contributed by atoms with van der Waals surface area (Å²) in [7, 11) is 3.19. The fourth-order valence-corrected chi connectivity index (χ4v) is 3.11. The van der Waals surface area contributed by atoms with E-state index < -0.39 is 5.97 Å². The number of thiophene rings is 1. The largest absolute Gasteiger partial charge is 0.465 e. The number of ether oxygens (including phenoxy) is 1. The molecule has 2 N–H and O–H groups in total. The molecule has 0 radical (unpaired) electrons. The number of carbonyl (C=O) groups excluding carboxylic acids is 2. The third-order valence-corrected chi connectivity index (χ3v) is 4.21. The van der Waals surface area contributed by atoms with Gasteiger partial charge in [0, 0.05) is 16.5 Å². The predicted molar refractivity (Wildman–Crippen MR) is 85.0 cm³/mol. The van der Waals surface area contributed by atoms with Crippen LogP contribution >= 0.6 is 11.3 Å². The van der Waals surface area contributed by atoms with Crippen LogP contribution in [-0.2, 0) is 9.53 Å². The van der Waals surface area contributed by atoms with Crippen LogP contribution in [0.1, 0.15) is 22.5 Å². The van der Waals surface area contributed by atoms with E-state index in [0.717, 1.165) is 23.1 Å². The maximum absolute atomic E-state index is 12.0. The number of rotatable bonds is 6. The first-order valence-corrected chi connectivity index (χ1v) is 7.53. The number of fused-ring (bicyclic) bond motifs is 1. The predicted octanol–water partition coefficient (Wildman–Crippen LogP) is 2.63. The number of amides is 1. The molecule has 1 heterocycles. The molecule has 0 spiro atoms. The van der Waals surface area contributed by atoms with Crippen LogP contribution in [-0.4, -0.2) is 32.6 Å². The molecule has 0 saturated heterocycles. The average molecular weight is 306 g/mol. The minimum atomic E-state index is -0.429. The van der Waals surface area contributed by atoms with Crippen molar-refractivity contribution in [1.29, 1.82) is 0 Å². The highest BCUT2D eigenvalue weighted by Crippen LogP contribution is 2.36. The lowest BCUT2D eigenvalue weighted by molar-refractivity contribution is -0.116. The lowest BCUT2D eigenvalue weighted by Gasteiger charge is -2.06. The van der Waals surface area contributed by atoms with E-state index in [0.29, 0.717) is 17.0 Å². The summed E-state index contributed by atoms with van der Waals surface area (Å²) in [5, 5.41) is 6.71. The van der Waals surface area contributed by atoms with E-state index in [1.165, 1.54) is 18.4 Å². The van der Waals surface area contributed by atoms with Crippen molar-refractivity contribution in [3.63, 3.8) is 0 Å². The Morgan fingerprint density at radius 2 is 2.05 bits per heavy atom. The van der Waals surface area contributed by atoms with Crippen LogP contribution in [0.25, 0.3) is 10.1 Å². The number of anilines is 1. The number of hydrogen-bond acceptors (Lipinski definition) is 5. The Morgan fingerprint density at radius 1 is 1.29 bits per heavy atom. The molecule has 6 heteroatoms. The van der Waals surface area contributed by atoms with Crippen molar-refractivity contribution in [2.45, 2.75) is 12.8 Å². The van der Waals surface area contributed by atoms with Gasteiger partial charge in [0.2, 0.25) is 5.91 Å². The van der Waals surface area contributed by atoms with Crippen LogP contribution in [0.5, 0.6) is 0 Å². The molecule has 0 aliphatic heterocycles. The van der Waals surface area contributed by atoms with Crippen LogP contribution in [0.4, 0.5) is 5.69 Å². The fraction of sp³-hybridized carbons (Fsp3) is 0.333. The Kier molecular flexibility index (Phi) is 5.30. The first-order valence-electron chi connectivity index (χ1n) is 6.71. The van der Waals surface area contributed by atoms with Gasteiger partial charge in [0.15, 0.2) is 0 Å². The molecular weight excluding hydrogens is 288 g/mol. The zero-order chi connectivity index (χ0) is 15.2. The number of hydrogen-bond donors (Lipinski definition) is 2. The van der Waals surface area contributed by atoms with E-state index in [1.807, 2.05) is 31.3 Å². The second-order valence-electron chi connectivity index (χ2n) is 4.55. The van der Waals surface area contributed by atoms with Gasteiger partial charge in [-0.15, -0.1) is 11.3 Å². The normalized spacial score (nSPS) is 10.6. The molecule has 0 bridgehead atoms. The van der Waals surface area contributed by atoms with E-state index in [1.54, 1.807) is 0 Å². The molecule has 0 aliphatic carbocycles. The molecule has 0 aliphatic rings. The van der Waals surface area contributed by atoms with Crippen molar-refractivity contribution in [1.82, 2.24) is 5.32 Å². The molecule has 21 heavy (non-hydrogen) atoms. The Labute approximate surface area is 127 Å². The van der Waals surface area contributed by atoms with Crippen molar-refractivity contribution in [3.8, 4) is 0 Å². The van der Waals surface area contributed by atoms with E-state index in [2.05, 4.69) is 10.6 Å². The quantitative estimate of drug-likeness (QED) is 0.636. The summed E-state index contributed by atoms with van der Waals surface area (Å²) < 4.78 is 5.74. The summed E-state index contributed by atoms with van der Waals surface area (Å²) in [5.41, 5.74) is 0.553. The first kappa shape index (κ1) is 15.5. The highest BCUT2D eigenvalue weighted by Gasteiger charge is 2.20.